The molecule has 3 aromatic carbocycles. The van der Waals surface area contributed by atoms with E-state index in [1.54, 1.807) is 12.1 Å². The van der Waals surface area contributed by atoms with Gasteiger partial charge in [0.2, 0.25) is 0 Å². The third-order valence-corrected chi connectivity index (χ3v) is 4.07. The average Bonchev–Trinajstić information content (AvgIpc) is 2.97. The van der Waals surface area contributed by atoms with Gasteiger partial charge in [0.1, 0.15) is 28.5 Å². The van der Waals surface area contributed by atoms with Gasteiger partial charge in [0.05, 0.1) is 12.8 Å². The quantitative estimate of drug-likeness (QED) is 0.556. The molecule has 0 radical (unpaired) electrons. The Morgan fingerprint density at radius 3 is 2.42 bits per heavy atom. The summed E-state index contributed by atoms with van der Waals surface area (Å²) in [5.74, 6) is -1.89. The molecule has 1 heterocycles. The first-order chi connectivity index (χ1) is 12.5. The van der Waals surface area contributed by atoms with Crippen LogP contribution in [0.2, 0.25) is 0 Å². The van der Waals surface area contributed by atoms with E-state index in [0.717, 1.165) is 22.9 Å². The van der Waals surface area contributed by atoms with Crippen LogP contribution in [-0.4, -0.2) is 13.0 Å². The molecular weight excluding hydrogens is 340 g/mol. The molecule has 0 unspecified atom stereocenters. The minimum Gasteiger partial charge on any atom is -0.495 e. The first-order valence-electron chi connectivity index (χ1n) is 7.82. The summed E-state index contributed by atoms with van der Waals surface area (Å²) in [6, 6.07) is 13.5. The highest BCUT2D eigenvalue weighted by molar-refractivity contribution is 6.10. The monoisotopic (exact) mass is 353 g/mol. The van der Waals surface area contributed by atoms with Crippen LogP contribution in [0.15, 0.2) is 59.0 Å². The average molecular weight is 353 g/mol. The number of fused-ring (bicyclic) bond motifs is 3. The van der Waals surface area contributed by atoms with Gasteiger partial charge in [-0.15, -0.1) is 0 Å². The van der Waals surface area contributed by atoms with E-state index in [-0.39, 0.29) is 5.56 Å². The number of carbonyl (C=O) groups excluding carboxylic acids is 1. The highest BCUT2D eigenvalue weighted by Gasteiger charge is 2.16. The fraction of sp³-hybridized carbons (Fsp3) is 0.0500. The summed E-state index contributed by atoms with van der Waals surface area (Å²) in [6.07, 6.45) is 0. The number of anilines is 1. The van der Waals surface area contributed by atoms with Gasteiger partial charge in [-0.05, 0) is 24.3 Å². The molecular formula is C20H13F2NO3. The Bertz CT molecular complexity index is 1130. The van der Waals surface area contributed by atoms with E-state index in [1.165, 1.54) is 7.11 Å². The molecule has 0 saturated carbocycles. The number of furan rings is 1. The Kier molecular flexibility index (Phi) is 3.80. The van der Waals surface area contributed by atoms with Crippen molar-refractivity contribution in [2.75, 3.05) is 12.4 Å². The second kappa shape index (κ2) is 6.15. The number of hydrogen-bond donors (Lipinski definition) is 1. The molecule has 0 aliphatic rings. The predicted octanol–water partition coefficient (Wildman–Crippen LogP) is 5.13. The summed E-state index contributed by atoms with van der Waals surface area (Å²) in [5, 5.41) is 4.37. The highest BCUT2D eigenvalue weighted by Crippen LogP contribution is 2.36. The highest BCUT2D eigenvalue weighted by atomic mass is 19.1. The van der Waals surface area contributed by atoms with E-state index in [1.807, 2.05) is 24.3 Å². The number of halogens is 2. The molecule has 4 rings (SSSR count). The molecule has 26 heavy (non-hydrogen) atoms. The van der Waals surface area contributed by atoms with Gasteiger partial charge in [-0.25, -0.2) is 8.78 Å². The Hall–Kier alpha value is -3.41. The SMILES string of the molecule is COc1cc2c(cc1NC(=O)c1cc(F)cc(F)c1)oc1ccccc12. The molecule has 130 valence electrons. The minimum absolute atomic E-state index is 0.130. The number of carbonyl (C=O) groups is 1. The summed E-state index contributed by atoms with van der Waals surface area (Å²) >= 11 is 0. The van der Waals surface area contributed by atoms with Gasteiger partial charge >= 0.3 is 0 Å². The zero-order valence-electron chi connectivity index (χ0n) is 13.7. The molecule has 0 saturated heterocycles. The van der Waals surface area contributed by atoms with Gasteiger partial charge < -0.3 is 14.5 Å². The summed E-state index contributed by atoms with van der Waals surface area (Å²) in [7, 11) is 1.47. The van der Waals surface area contributed by atoms with Crippen LogP contribution in [0.3, 0.4) is 0 Å². The minimum atomic E-state index is -0.824. The zero-order chi connectivity index (χ0) is 18.3. The topological polar surface area (TPSA) is 51.5 Å². The molecule has 1 aromatic heterocycles. The molecule has 0 bridgehead atoms. The van der Waals surface area contributed by atoms with Crippen molar-refractivity contribution in [3.63, 3.8) is 0 Å². The van der Waals surface area contributed by atoms with E-state index in [0.29, 0.717) is 28.7 Å². The third kappa shape index (κ3) is 2.75. The first kappa shape index (κ1) is 16.1. The lowest BCUT2D eigenvalue weighted by molar-refractivity contribution is 0.102. The predicted molar refractivity (Wildman–Crippen MR) is 94.6 cm³/mol. The Balaban J connectivity index is 1.77. The Labute approximate surface area is 147 Å². The van der Waals surface area contributed by atoms with Gasteiger partial charge in [-0.1, -0.05) is 18.2 Å². The van der Waals surface area contributed by atoms with Crippen LogP contribution in [0.1, 0.15) is 10.4 Å². The molecule has 4 aromatic rings. The fourth-order valence-corrected chi connectivity index (χ4v) is 2.90. The number of rotatable bonds is 3. The Morgan fingerprint density at radius 1 is 0.962 bits per heavy atom. The first-order valence-corrected chi connectivity index (χ1v) is 7.82. The lowest BCUT2D eigenvalue weighted by Crippen LogP contribution is -2.13. The van der Waals surface area contributed by atoms with Gasteiger partial charge in [-0.2, -0.15) is 0 Å². The summed E-state index contributed by atoms with van der Waals surface area (Å²) in [5.41, 5.74) is 1.48. The van der Waals surface area contributed by atoms with Crippen LogP contribution in [-0.2, 0) is 0 Å². The number of ether oxygens (including phenoxy) is 1. The molecule has 4 nitrogen and oxygen atoms in total. The number of amides is 1. The van der Waals surface area contributed by atoms with Crippen molar-refractivity contribution in [2.24, 2.45) is 0 Å². The molecule has 0 atom stereocenters. The maximum atomic E-state index is 13.3. The fourth-order valence-electron chi connectivity index (χ4n) is 2.90. The van der Waals surface area contributed by atoms with Gasteiger partial charge in [-0.3, -0.25) is 4.79 Å². The standard InChI is InChI=1S/C20H13F2NO3/c1-25-19-9-15-14-4-2-3-5-17(14)26-18(15)10-16(19)23-20(24)11-6-12(21)8-13(22)7-11/h2-10H,1H3,(H,23,24). The van der Waals surface area contributed by atoms with E-state index in [2.05, 4.69) is 5.32 Å². The van der Waals surface area contributed by atoms with E-state index in [4.69, 9.17) is 9.15 Å². The van der Waals surface area contributed by atoms with Crippen molar-refractivity contribution in [3.8, 4) is 5.75 Å². The molecule has 0 spiro atoms. The number of para-hydroxylation sites is 1. The number of methoxy groups -OCH3 is 1. The maximum absolute atomic E-state index is 13.3. The van der Waals surface area contributed by atoms with Crippen molar-refractivity contribution in [3.05, 3.63) is 71.8 Å². The second-order valence-electron chi connectivity index (χ2n) is 5.76. The molecule has 1 amide bonds. The van der Waals surface area contributed by atoms with Gasteiger partial charge in [0, 0.05) is 28.5 Å². The van der Waals surface area contributed by atoms with Crippen LogP contribution in [0.5, 0.6) is 5.75 Å². The largest absolute Gasteiger partial charge is 0.495 e. The lowest BCUT2D eigenvalue weighted by atomic mass is 10.1. The molecule has 1 N–H and O–H groups in total. The summed E-state index contributed by atoms with van der Waals surface area (Å²) in [6.45, 7) is 0. The van der Waals surface area contributed by atoms with Gasteiger partial charge in [0.15, 0.2) is 0 Å². The van der Waals surface area contributed by atoms with Crippen molar-refractivity contribution < 1.29 is 22.7 Å². The zero-order valence-corrected chi connectivity index (χ0v) is 13.7. The van der Waals surface area contributed by atoms with Crippen molar-refractivity contribution in [1.29, 1.82) is 0 Å². The molecule has 6 heteroatoms. The Morgan fingerprint density at radius 2 is 1.69 bits per heavy atom. The van der Waals surface area contributed by atoms with E-state index in [9.17, 15) is 13.6 Å². The van der Waals surface area contributed by atoms with Crippen LogP contribution in [0.4, 0.5) is 14.5 Å². The smallest absolute Gasteiger partial charge is 0.255 e. The normalized spacial score (nSPS) is 11.0. The van der Waals surface area contributed by atoms with Crippen LogP contribution >= 0.6 is 0 Å². The van der Waals surface area contributed by atoms with E-state index < -0.39 is 17.5 Å². The lowest BCUT2D eigenvalue weighted by Gasteiger charge is -2.10. The molecule has 0 fully saturated rings. The van der Waals surface area contributed by atoms with E-state index >= 15 is 0 Å². The molecule has 0 aliphatic heterocycles. The number of benzene rings is 3. The second-order valence-corrected chi connectivity index (χ2v) is 5.76. The van der Waals surface area contributed by atoms with Crippen molar-refractivity contribution in [1.82, 2.24) is 0 Å². The number of hydrogen-bond acceptors (Lipinski definition) is 3. The van der Waals surface area contributed by atoms with Crippen LogP contribution < -0.4 is 10.1 Å². The molecule has 0 aliphatic carbocycles. The summed E-state index contributed by atoms with van der Waals surface area (Å²) in [4.78, 5) is 12.4. The van der Waals surface area contributed by atoms with Crippen LogP contribution in [0, 0.1) is 11.6 Å². The van der Waals surface area contributed by atoms with Gasteiger partial charge in [0.25, 0.3) is 5.91 Å². The van der Waals surface area contributed by atoms with Crippen molar-refractivity contribution in [2.45, 2.75) is 0 Å². The third-order valence-electron chi connectivity index (χ3n) is 4.07. The van der Waals surface area contributed by atoms with Crippen molar-refractivity contribution >= 4 is 33.5 Å². The van der Waals surface area contributed by atoms with Crippen LogP contribution in [0.25, 0.3) is 21.9 Å². The summed E-state index contributed by atoms with van der Waals surface area (Å²) < 4.78 is 37.8. The number of nitrogens with one attached hydrogen (secondary N) is 1. The maximum Gasteiger partial charge on any atom is 0.255 e.